The molecule has 1 saturated heterocycles. The fourth-order valence-corrected chi connectivity index (χ4v) is 5.21. The number of phenolic OH excluding ortho intramolecular Hbond substituents is 1. The molecule has 0 radical (unpaired) electrons. The van der Waals surface area contributed by atoms with E-state index in [1.54, 1.807) is 18.3 Å². The fraction of sp³-hybridized carbons (Fsp3) is 0.179. The van der Waals surface area contributed by atoms with E-state index in [0.717, 1.165) is 28.3 Å². The summed E-state index contributed by atoms with van der Waals surface area (Å²) in [5.74, 6) is 0.0396. The largest absolute Gasteiger partial charge is 0.506 e. The summed E-state index contributed by atoms with van der Waals surface area (Å²) in [5, 5.41) is 17.4. The van der Waals surface area contributed by atoms with Crippen molar-refractivity contribution < 1.29 is 9.90 Å². The van der Waals surface area contributed by atoms with Crippen LogP contribution in [0.2, 0.25) is 0 Å². The molecule has 1 aliphatic rings. The Morgan fingerprint density at radius 2 is 1.78 bits per heavy atom. The molecule has 4 aromatic rings. The van der Waals surface area contributed by atoms with Crippen LogP contribution in [0.15, 0.2) is 85.1 Å². The number of aromatic hydroxyl groups is 1. The zero-order chi connectivity index (χ0) is 25.2. The van der Waals surface area contributed by atoms with E-state index in [9.17, 15) is 9.90 Å². The Labute approximate surface area is 215 Å². The van der Waals surface area contributed by atoms with Crippen LogP contribution in [-0.4, -0.2) is 37.1 Å². The molecule has 2 aromatic carbocycles. The normalized spacial score (nSPS) is 17.2. The molecule has 2 aromatic heterocycles. The Bertz CT molecular complexity index is 1400. The molecule has 7 nitrogen and oxygen atoms in total. The van der Waals surface area contributed by atoms with Crippen LogP contribution in [-0.2, 0) is 4.79 Å². The van der Waals surface area contributed by atoms with Crippen LogP contribution in [0.5, 0.6) is 5.75 Å². The molecule has 0 aliphatic carbocycles. The average molecular weight is 498 g/mol. The number of nitrogens with one attached hydrogen (secondary N) is 2. The summed E-state index contributed by atoms with van der Waals surface area (Å²) in [6.07, 6.45) is 1.76. The number of aromatic nitrogens is 2. The van der Waals surface area contributed by atoms with Gasteiger partial charge in [-0.25, -0.2) is 0 Å². The highest BCUT2D eigenvalue weighted by Gasteiger charge is 2.42. The van der Waals surface area contributed by atoms with Crippen molar-refractivity contribution in [3.63, 3.8) is 0 Å². The summed E-state index contributed by atoms with van der Waals surface area (Å²) in [7, 11) is 0. The molecule has 3 heterocycles. The van der Waals surface area contributed by atoms with Gasteiger partial charge in [-0.3, -0.25) is 9.78 Å². The van der Waals surface area contributed by atoms with E-state index < -0.39 is 0 Å². The van der Waals surface area contributed by atoms with Gasteiger partial charge in [0.25, 0.3) is 0 Å². The molecule has 0 bridgehead atoms. The molecule has 8 heteroatoms. The second-order valence-corrected chi connectivity index (χ2v) is 9.21. The van der Waals surface area contributed by atoms with Gasteiger partial charge in [0, 0.05) is 23.3 Å². The van der Waals surface area contributed by atoms with Crippen LogP contribution in [0.3, 0.4) is 0 Å². The summed E-state index contributed by atoms with van der Waals surface area (Å²) in [5.41, 5.74) is 5.20. The molecule has 36 heavy (non-hydrogen) atoms. The minimum atomic E-state index is -0.278. The third-order valence-electron chi connectivity index (χ3n) is 6.48. The fourth-order valence-electron chi connectivity index (χ4n) is 4.90. The van der Waals surface area contributed by atoms with Gasteiger partial charge < -0.3 is 25.2 Å². The molecule has 1 aliphatic heterocycles. The topological polar surface area (TPSA) is 82.4 Å². The predicted octanol–water partition coefficient (Wildman–Crippen LogP) is 4.81. The molecule has 5 rings (SSSR count). The lowest BCUT2D eigenvalue weighted by atomic mass is 9.96. The Balaban J connectivity index is 1.55. The van der Waals surface area contributed by atoms with E-state index >= 15 is 0 Å². The van der Waals surface area contributed by atoms with Crippen molar-refractivity contribution in [1.29, 1.82) is 0 Å². The summed E-state index contributed by atoms with van der Waals surface area (Å²) < 4.78 is 2.03. The zero-order valence-electron chi connectivity index (χ0n) is 20.1. The minimum Gasteiger partial charge on any atom is -0.506 e. The lowest BCUT2D eigenvalue weighted by molar-refractivity contribution is -0.116. The second kappa shape index (κ2) is 9.83. The number of hydrogen-bond donors (Lipinski definition) is 3. The van der Waals surface area contributed by atoms with Crippen molar-refractivity contribution in [2.24, 2.45) is 0 Å². The van der Waals surface area contributed by atoms with E-state index in [0.29, 0.717) is 10.8 Å². The Hall–Kier alpha value is -4.17. The van der Waals surface area contributed by atoms with Crippen molar-refractivity contribution in [3.8, 4) is 11.4 Å². The first-order valence-corrected chi connectivity index (χ1v) is 12.1. The smallest absolute Gasteiger partial charge is 0.244 e. The number of carbonyl (C=O) groups is 1. The first kappa shape index (κ1) is 23.6. The van der Waals surface area contributed by atoms with Gasteiger partial charge in [-0.05, 0) is 74.1 Å². The predicted molar refractivity (Wildman–Crippen MR) is 144 cm³/mol. The molecule has 3 N–H and O–H groups in total. The van der Waals surface area contributed by atoms with Crippen LogP contribution in [0.4, 0.5) is 5.69 Å². The van der Waals surface area contributed by atoms with Gasteiger partial charge in [0.1, 0.15) is 12.3 Å². The number of phenols is 1. The van der Waals surface area contributed by atoms with Gasteiger partial charge in [0.15, 0.2) is 5.11 Å². The van der Waals surface area contributed by atoms with Crippen molar-refractivity contribution >= 4 is 28.9 Å². The highest BCUT2D eigenvalue weighted by Crippen LogP contribution is 2.41. The van der Waals surface area contributed by atoms with Crippen molar-refractivity contribution in [1.82, 2.24) is 19.8 Å². The third kappa shape index (κ3) is 4.43. The molecule has 1 amide bonds. The molecule has 0 unspecified atom stereocenters. The maximum absolute atomic E-state index is 13.1. The zero-order valence-corrected chi connectivity index (χ0v) is 20.9. The van der Waals surface area contributed by atoms with Gasteiger partial charge in [-0.2, -0.15) is 0 Å². The summed E-state index contributed by atoms with van der Waals surface area (Å²) >= 11 is 5.74. The maximum atomic E-state index is 13.1. The third-order valence-corrected chi connectivity index (χ3v) is 6.83. The lowest BCUT2D eigenvalue weighted by Gasteiger charge is -2.27. The number of nitrogens with zero attached hydrogens (tertiary/aromatic N) is 3. The van der Waals surface area contributed by atoms with Crippen LogP contribution in [0, 0.1) is 13.8 Å². The quantitative estimate of drug-likeness (QED) is 0.332. The number of benzene rings is 2. The van der Waals surface area contributed by atoms with Gasteiger partial charge >= 0.3 is 0 Å². The Morgan fingerprint density at radius 3 is 2.50 bits per heavy atom. The van der Waals surface area contributed by atoms with Gasteiger partial charge in [0.05, 0.1) is 23.5 Å². The van der Waals surface area contributed by atoms with E-state index in [-0.39, 0.29) is 30.3 Å². The minimum absolute atomic E-state index is 0.0784. The lowest BCUT2D eigenvalue weighted by Crippen LogP contribution is -2.37. The monoisotopic (exact) mass is 497 g/mol. The maximum Gasteiger partial charge on any atom is 0.244 e. The number of rotatable bonds is 6. The number of amides is 1. The molecule has 1 fully saturated rings. The number of thiocarbonyl (C=S) groups is 1. The Kier molecular flexibility index (Phi) is 6.43. The van der Waals surface area contributed by atoms with Crippen LogP contribution < -0.4 is 10.6 Å². The van der Waals surface area contributed by atoms with Gasteiger partial charge in [0.2, 0.25) is 5.91 Å². The molecular formula is C28H27N5O2S. The van der Waals surface area contributed by atoms with Crippen molar-refractivity contribution in [2.45, 2.75) is 25.9 Å². The molecule has 0 saturated carbocycles. The number of carbonyl (C=O) groups excluding carboxylic acids is 1. The van der Waals surface area contributed by atoms with E-state index in [1.807, 2.05) is 84.0 Å². The molecule has 0 spiro atoms. The molecular weight excluding hydrogens is 470 g/mol. The summed E-state index contributed by atoms with van der Waals surface area (Å²) in [4.78, 5) is 19.6. The van der Waals surface area contributed by atoms with Crippen LogP contribution in [0.25, 0.3) is 5.69 Å². The number of para-hydroxylation sites is 3. The van der Waals surface area contributed by atoms with Gasteiger partial charge in [-0.15, -0.1) is 0 Å². The van der Waals surface area contributed by atoms with E-state index in [4.69, 9.17) is 12.2 Å². The van der Waals surface area contributed by atoms with Crippen LogP contribution >= 0.6 is 12.2 Å². The van der Waals surface area contributed by atoms with Crippen molar-refractivity contribution in [2.75, 3.05) is 11.9 Å². The first-order chi connectivity index (χ1) is 17.4. The average Bonchev–Trinajstić information content (AvgIpc) is 3.35. The van der Waals surface area contributed by atoms with Crippen molar-refractivity contribution in [3.05, 3.63) is 108 Å². The molecule has 182 valence electrons. The summed E-state index contributed by atoms with van der Waals surface area (Å²) in [6, 6.07) is 24.0. The SMILES string of the molecule is Cc1cc([C@@H]2[C@H](c3ccccn3)NC(=S)N2CC(=O)Nc2ccccc2)c(C)n1-c1ccccc1O. The van der Waals surface area contributed by atoms with Crippen LogP contribution in [0.1, 0.15) is 34.7 Å². The highest BCUT2D eigenvalue weighted by atomic mass is 32.1. The second-order valence-electron chi connectivity index (χ2n) is 8.82. The Morgan fingerprint density at radius 1 is 1.06 bits per heavy atom. The first-order valence-electron chi connectivity index (χ1n) is 11.7. The highest BCUT2D eigenvalue weighted by molar-refractivity contribution is 7.80. The number of pyridine rings is 1. The molecule has 2 atom stereocenters. The number of hydrogen-bond acceptors (Lipinski definition) is 4. The standard InChI is InChI=1S/C28H27N5O2S/c1-18-16-21(19(2)33(18)23-13-6-7-14-24(23)34)27-26(22-12-8-9-15-29-22)31-28(36)32(27)17-25(35)30-20-10-4-3-5-11-20/h3-16,26-27,34H,17H2,1-2H3,(H,30,35)(H,31,36)/t26-,27+/m0/s1. The van der Waals surface area contributed by atoms with E-state index in [1.165, 1.54) is 0 Å². The van der Waals surface area contributed by atoms with Gasteiger partial charge in [-0.1, -0.05) is 36.4 Å². The summed E-state index contributed by atoms with van der Waals surface area (Å²) in [6.45, 7) is 4.11. The number of anilines is 1. The number of aryl methyl sites for hydroxylation is 1. The van der Waals surface area contributed by atoms with E-state index in [2.05, 4.69) is 21.7 Å².